The Balaban J connectivity index is 2.13. The third-order valence-corrected chi connectivity index (χ3v) is 5.22. The first-order valence-corrected chi connectivity index (χ1v) is 7.15. The quantitative estimate of drug-likeness (QED) is 0.636. The van der Waals surface area contributed by atoms with Crippen molar-refractivity contribution in [1.29, 1.82) is 0 Å². The zero-order valence-electron chi connectivity index (χ0n) is 8.18. The van der Waals surface area contributed by atoms with Gasteiger partial charge in [-0.15, -0.1) is 0 Å². The molecule has 1 saturated carbocycles. The Morgan fingerprint density at radius 2 is 1.36 bits per heavy atom. The van der Waals surface area contributed by atoms with Gasteiger partial charge in [-0.1, -0.05) is 51.1 Å². The van der Waals surface area contributed by atoms with Crippen molar-refractivity contribution >= 4 is 31.9 Å². The molecule has 2 nitrogen and oxygen atoms in total. The number of rotatable bonds is 0. The second-order valence-corrected chi connectivity index (χ2v) is 6.20. The van der Waals surface area contributed by atoms with Gasteiger partial charge in [0.2, 0.25) is 0 Å². The third kappa shape index (κ3) is 2.04. The van der Waals surface area contributed by atoms with Crippen LogP contribution in [-0.4, -0.2) is 28.7 Å². The van der Waals surface area contributed by atoms with E-state index in [1.807, 2.05) is 0 Å². The summed E-state index contributed by atoms with van der Waals surface area (Å²) in [4.78, 5) is 0.643. The molecule has 2 aliphatic rings. The molecular weight excluding hydrogens is 312 g/mol. The fourth-order valence-electron chi connectivity index (χ4n) is 2.23. The summed E-state index contributed by atoms with van der Waals surface area (Å²) in [6.07, 6.45) is 6.14. The zero-order valence-corrected chi connectivity index (χ0v) is 11.3. The standard InChI is InChI=1S/C10H16Br2O2/c11-8-4-2-1-3-5-9(12)10(8)13-6-7-14-10/h8-9H,1-7H2. The minimum absolute atomic E-state index is 0.321. The maximum Gasteiger partial charge on any atom is 0.193 e. The minimum atomic E-state index is -0.402. The molecule has 1 aliphatic carbocycles. The van der Waals surface area contributed by atoms with E-state index >= 15 is 0 Å². The molecule has 2 atom stereocenters. The fourth-order valence-corrected chi connectivity index (χ4v) is 4.40. The van der Waals surface area contributed by atoms with Crippen molar-refractivity contribution < 1.29 is 9.47 Å². The first kappa shape index (κ1) is 11.4. The summed E-state index contributed by atoms with van der Waals surface area (Å²) >= 11 is 7.43. The van der Waals surface area contributed by atoms with E-state index in [-0.39, 0.29) is 0 Å². The van der Waals surface area contributed by atoms with E-state index in [0.717, 1.165) is 26.1 Å². The molecule has 1 heterocycles. The second kappa shape index (κ2) is 4.81. The molecule has 0 amide bonds. The molecule has 0 aromatic carbocycles. The second-order valence-electron chi connectivity index (χ2n) is 3.99. The molecule has 0 aromatic rings. The molecule has 2 unspecified atom stereocenters. The van der Waals surface area contributed by atoms with Crippen molar-refractivity contribution in [2.24, 2.45) is 0 Å². The van der Waals surface area contributed by atoms with E-state index in [9.17, 15) is 0 Å². The number of hydrogen-bond acceptors (Lipinski definition) is 2. The summed E-state index contributed by atoms with van der Waals surface area (Å²) in [5.41, 5.74) is 0. The first-order chi connectivity index (χ1) is 6.76. The van der Waals surface area contributed by atoms with Crippen LogP contribution in [0.1, 0.15) is 32.1 Å². The highest BCUT2D eigenvalue weighted by Gasteiger charge is 2.48. The molecule has 4 heteroatoms. The lowest BCUT2D eigenvalue weighted by Crippen LogP contribution is -2.48. The van der Waals surface area contributed by atoms with Crippen LogP contribution in [0.25, 0.3) is 0 Å². The van der Waals surface area contributed by atoms with E-state index < -0.39 is 5.79 Å². The molecule has 14 heavy (non-hydrogen) atoms. The van der Waals surface area contributed by atoms with Crippen molar-refractivity contribution in [2.75, 3.05) is 13.2 Å². The van der Waals surface area contributed by atoms with Crippen molar-refractivity contribution in [3.05, 3.63) is 0 Å². The lowest BCUT2D eigenvalue weighted by molar-refractivity contribution is -0.157. The molecular formula is C10H16Br2O2. The van der Waals surface area contributed by atoms with Crippen LogP contribution < -0.4 is 0 Å². The number of hydrogen-bond donors (Lipinski definition) is 0. The summed E-state index contributed by atoms with van der Waals surface area (Å²) < 4.78 is 11.7. The van der Waals surface area contributed by atoms with Crippen LogP contribution in [0.2, 0.25) is 0 Å². The van der Waals surface area contributed by atoms with Crippen molar-refractivity contribution in [3.63, 3.8) is 0 Å². The molecule has 0 aromatic heterocycles. The molecule has 0 N–H and O–H groups in total. The normalized spacial score (nSPS) is 38.1. The molecule has 0 radical (unpaired) electrons. The Kier molecular flexibility index (Phi) is 3.91. The molecule has 2 fully saturated rings. The fraction of sp³-hybridized carbons (Fsp3) is 1.00. The van der Waals surface area contributed by atoms with Crippen LogP contribution in [0.4, 0.5) is 0 Å². The van der Waals surface area contributed by atoms with E-state index in [4.69, 9.17) is 9.47 Å². The van der Waals surface area contributed by atoms with Crippen molar-refractivity contribution in [1.82, 2.24) is 0 Å². The van der Waals surface area contributed by atoms with Crippen molar-refractivity contribution in [3.8, 4) is 0 Å². The first-order valence-electron chi connectivity index (χ1n) is 5.32. The van der Waals surface area contributed by atoms with Gasteiger partial charge in [0.05, 0.1) is 22.9 Å². The molecule has 1 aliphatic heterocycles. The van der Waals surface area contributed by atoms with E-state index in [1.54, 1.807) is 0 Å². The summed E-state index contributed by atoms with van der Waals surface area (Å²) in [7, 11) is 0. The minimum Gasteiger partial charge on any atom is -0.345 e. The topological polar surface area (TPSA) is 18.5 Å². The van der Waals surface area contributed by atoms with Gasteiger partial charge in [0.25, 0.3) is 0 Å². The maximum absolute atomic E-state index is 5.83. The van der Waals surface area contributed by atoms with Crippen LogP contribution in [0.5, 0.6) is 0 Å². The molecule has 2 rings (SSSR count). The van der Waals surface area contributed by atoms with Crippen LogP contribution in [0.3, 0.4) is 0 Å². The van der Waals surface area contributed by atoms with Crippen LogP contribution in [-0.2, 0) is 9.47 Å². The van der Waals surface area contributed by atoms with Crippen LogP contribution in [0, 0.1) is 0 Å². The van der Waals surface area contributed by atoms with Gasteiger partial charge in [0.1, 0.15) is 0 Å². The molecule has 0 bridgehead atoms. The number of ether oxygens (including phenoxy) is 2. The zero-order chi connectivity index (χ0) is 10.0. The monoisotopic (exact) mass is 326 g/mol. The molecule has 82 valence electrons. The number of halogens is 2. The molecule has 1 spiro atoms. The van der Waals surface area contributed by atoms with Gasteiger partial charge >= 0.3 is 0 Å². The Labute approximate surface area is 102 Å². The van der Waals surface area contributed by atoms with E-state index in [0.29, 0.717) is 9.65 Å². The molecule has 1 saturated heterocycles. The van der Waals surface area contributed by atoms with Gasteiger partial charge in [-0.25, -0.2) is 0 Å². The van der Waals surface area contributed by atoms with Gasteiger partial charge in [-0.05, 0) is 12.8 Å². The number of alkyl halides is 2. The van der Waals surface area contributed by atoms with Crippen molar-refractivity contribution in [2.45, 2.75) is 47.5 Å². The largest absolute Gasteiger partial charge is 0.345 e. The van der Waals surface area contributed by atoms with Gasteiger partial charge in [-0.2, -0.15) is 0 Å². The van der Waals surface area contributed by atoms with Crippen LogP contribution in [0.15, 0.2) is 0 Å². The Bertz CT molecular complexity index is 179. The predicted octanol–water partition coefficient (Wildman–Crippen LogP) is 3.22. The highest BCUT2D eigenvalue weighted by Crippen LogP contribution is 2.41. The lowest BCUT2D eigenvalue weighted by atomic mass is 9.95. The average molecular weight is 328 g/mol. The smallest absolute Gasteiger partial charge is 0.193 e. The van der Waals surface area contributed by atoms with Gasteiger partial charge in [-0.3, -0.25) is 0 Å². The summed E-state index contributed by atoms with van der Waals surface area (Å²) in [6, 6.07) is 0. The average Bonchev–Trinajstić information content (AvgIpc) is 2.65. The summed E-state index contributed by atoms with van der Waals surface area (Å²) in [6.45, 7) is 1.45. The van der Waals surface area contributed by atoms with E-state index in [2.05, 4.69) is 31.9 Å². The Hall–Kier alpha value is 0.880. The third-order valence-electron chi connectivity index (χ3n) is 3.03. The summed E-state index contributed by atoms with van der Waals surface area (Å²) in [5.74, 6) is -0.402. The highest BCUT2D eigenvalue weighted by atomic mass is 79.9. The summed E-state index contributed by atoms with van der Waals surface area (Å²) in [5, 5.41) is 0. The predicted molar refractivity (Wildman–Crippen MR) is 63.2 cm³/mol. The SMILES string of the molecule is BrC1CCCCCC(Br)C12OCCO2. The maximum atomic E-state index is 5.83. The van der Waals surface area contributed by atoms with Gasteiger partial charge < -0.3 is 9.47 Å². The Morgan fingerprint density at radius 3 is 1.86 bits per heavy atom. The van der Waals surface area contributed by atoms with Gasteiger partial charge in [0, 0.05) is 0 Å². The van der Waals surface area contributed by atoms with Gasteiger partial charge in [0.15, 0.2) is 5.79 Å². The lowest BCUT2D eigenvalue weighted by Gasteiger charge is -2.38. The van der Waals surface area contributed by atoms with E-state index in [1.165, 1.54) is 19.3 Å². The highest BCUT2D eigenvalue weighted by molar-refractivity contribution is 9.10. The Morgan fingerprint density at radius 1 is 0.857 bits per heavy atom. The van der Waals surface area contributed by atoms with Crippen LogP contribution >= 0.6 is 31.9 Å².